The van der Waals surface area contributed by atoms with Crippen LogP contribution in [0.1, 0.15) is 50.3 Å². The van der Waals surface area contributed by atoms with E-state index in [0.717, 1.165) is 16.4 Å². The van der Waals surface area contributed by atoms with Gasteiger partial charge in [0.05, 0.1) is 0 Å². The molecule has 1 aliphatic rings. The van der Waals surface area contributed by atoms with E-state index in [-0.39, 0.29) is 11.3 Å². The fourth-order valence-corrected chi connectivity index (χ4v) is 5.50. The van der Waals surface area contributed by atoms with Gasteiger partial charge in [-0.2, -0.15) is 0 Å². The minimum absolute atomic E-state index is 0.0599. The number of rotatable bonds is 6. The lowest BCUT2D eigenvalue weighted by Crippen LogP contribution is -2.17. The predicted molar refractivity (Wildman–Crippen MR) is 156 cm³/mol. The van der Waals surface area contributed by atoms with Crippen LogP contribution in [0.25, 0.3) is 11.1 Å². The molecule has 0 radical (unpaired) electrons. The van der Waals surface area contributed by atoms with E-state index in [2.05, 4.69) is 129 Å². The number of hydrogen-bond donors (Lipinski definition) is 0. The Kier molecular flexibility index (Phi) is 6.60. The molecular weight excluding hydrogens is 458 g/mol. The van der Waals surface area contributed by atoms with Crippen molar-refractivity contribution >= 4 is 28.7 Å². The average Bonchev–Trinajstić information content (AvgIpc) is 3.12. The van der Waals surface area contributed by atoms with Crippen molar-refractivity contribution in [3.05, 3.63) is 137 Å². The molecule has 4 aromatic carbocycles. The van der Waals surface area contributed by atoms with Crippen LogP contribution < -0.4 is 4.90 Å². The van der Waals surface area contributed by atoms with Crippen molar-refractivity contribution in [3.8, 4) is 11.1 Å². The summed E-state index contributed by atoms with van der Waals surface area (Å²) in [5.41, 5.74) is 10.0. The van der Waals surface area contributed by atoms with Crippen LogP contribution in [-0.2, 0) is 5.41 Å². The van der Waals surface area contributed by atoms with E-state index in [1.807, 2.05) is 19.1 Å². The van der Waals surface area contributed by atoms with E-state index >= 15 is 0 Å². The summed E-state index contributed by atoms with van der Waals surface area (Å²) in [5, 5.41) is 0.736. The van der Waals surface area contributed by atoms with Gasteiger partial charge in [-0.3, -0.25) is 0 Å². The molecule has 0 spiro atoms. The molecule has 0 aromatic heterocycles. The Hall–Kier alpha value is -3.55. The first kappa shape index (κ1) is 24.2. The van der Waals surface area contributed by atoms with Gasteiger partial charge in [0.25, 0.3) is 0 Å². The summed E-state index contributed by atoms with van der Waals surface area (Å²) >= 11 is 6.29. The van der Waals surface area contributed by atoms with Gasteiger partial charge in [-0.1, -0.05) is 105 Å². The van der Waals surface area contributed by atoms with Crippen molar-refractivity contribution in [2.24, 2.45) is 0 Å². The maximum absolute atomic E-state index is 6.29. The molecule has 0 N–H and O–H groups in total. The highest BCUT2D eigenvalue weighted by Crippen LogP contribution is 2.51. The molecule has 2 heteroatoms. The third kappa shape index (κ3) is 4.29. The monoisotopic (exact) mass is 489 g/mol. The highest BCUT2D eigenvalue weighted by atomic mass is 35.5. The number of nitrogens with zero attached hydrogens (tertiary/aromatic N) is 1. The highest BCUT2D eigenvalue weighted by Gasteiger charge is 2.35. The first-order valence-corrected chi connectivity index (χ1v) is 13.0. The number of hydrogen-bond acceptors (Lipinski definition) is 1. The second-order valence-electron chi connectivity index (χ2n) is 9.97. The SMILES string of the molecule is C/C=C\C=C/C(C)c1ccccc1N(c1ccc(Cl)cc1)c1ccc2c(c1)C(C)(C)c1ccccc1-2. The lowest BCUT2D eigenvalue weighted by atomic mass is 9.82. The lowest BCUT2D eigenvalue weighted by molar-refractivity contribution is 0.660. The van der Waals surface area contributed by atoms with Gasteiger partial charge in [-0.05, 0) is 77.2 Å². The molecule has 1 aliphatic carbocycles. The molecule has 180 valence electrons. The van der Waals surface area contributed by atoms with Crippen molar-refractivity contribution in [3.63, 3.8) is 0 Å². The summed E-state index contributed by atoms with van der Waals surface area (Å²) in [5.74, 6) is 0.252. The standard InChI is InChI=1S/C34H32ClN/c1-5-6-7-12-24(2)28-13-9-11-16-33(28)36(26-19-17-25(35)18-20-26)27-21-22-30-29-14-8-10-15-31(29)34(3,4)32(30)23-27/h5-24H,1-4H3/b6-5-,12-7-. The van der Waals surface area contributed by atoms with E-state index in [1.165, 1.54) is 33.5 Å². The van der Waals surface area contributed by atoms with Gasteiger partial charge in [-0.25, -0.2) is 0 Å². The van der Waals surface area contributed by atoms with Crippen LogP contribution in [0.4, 0.5) is 17.1 Å². The molecular formula is C34H32ClN. The first-order chi connectivity index (χ1) is 17.4. The second-order valence-corrected chi connectivity index (χ2v) is 10.4. The molecule has 0 saturated heterocycles. The minimum Gasteiger partial charge on any atom is -0.310 e. The molecule has 4 aromatic rings. The normalized spacial score (nSPS) is 14.7. The summed E-state index contributed by atoms with van der Waals surface area (Å²) in [6.45, 7) is 8.95. The summed E-state index contributed by atoms with van der Waals surface area (Å²) in [7, 11) is 0. The topological polar surface area (TPSA) is 3.24 Å². The molecule has 0 aliphatic heterocycles. The van der Waals surface area contributed by atoms with Crippen molar-refractivity contribution < 1.29 is 0 Å². The van der Waals surface area contributed by atoms with Gasteiger partial charge in [0.1, 0.15) is 0 Å². The van der Waals surface area contributed by atoms with Crippen molar-refractivity contribution in [2.45, 2.75) is 39.0 Å². The van der Waals surface area contributed by atoms with Crippen molar-refractivity contribution in [2.75, 3.05) is 4.90 Å². The zero-order valence-corrected chi connectivity index (χ0v) is 22.1. The van der Waals surface area contributed by atoms with Crippen LogP contribution >= 0.6 is 11.6 Å². The molecule has 1 unspecified atom stereocenters. The molecule has 0 saturated carbocycles. The van der Waals surface area contributed by atoms with E-state index in [9.17, 15) is 0 Å². The van der Waals surface area contributed by atoms with E-state index in [1.54, 1.807) is 0 Å². The number of allylic oxidation sites excluding steroid dienone is 4. The average molecular weight is 490 g/mol. The summed E-state index contributed by atoms with van der Waals surface area (Å²) < 4.78 is 0. The molecule has 1 atom stereocenters. The molecule has 5 rings (SSSR count). The first-order valence-electron chi connectivity index (χ1n) is 12.6. The molecule has 0 bridgehead atoms. The van der Waals surface area contributed by atoms with Gasteiger partial charge in [-0.15, -0.1) is 0 Å². The number of anilines is 3. The summed E-state index contributed by atoms with van der Waals surface area (Å²) in [6.07, 6.45) is 8.51. The Bertz CT molecular complexity index is 1440. The molecule has 36 heavy (non-hydrogen) atoms. The highest BCUT2D eigenvalue weighted by molar-refractivity contribution is 6.30. The largest absolute Gasteiger partial charge is 0.310 e. The van der Waals surface area contributed by atoms with Gasteiger partial charge in [0.2, 0.25) is 0 Å². The molecule has 1 nitrogen and oxygen atoms in total. The maximum Gasteiger partial charge on any atom is 0.0499 e. The van der Waals surface area contributed by atoms with Crippen molar-refractivity contribution in [1.29, 1.82) is 0 Å². The van der Waals surface area contributed by atoms with E-state index in [0.29, 0.717) is 0 Å². The summed E-state index contributed by atoms with van der Waals surface area (Å²) in [4.78, 5) is 2.37. The van der Waals surface area contributed by atoms with Crippen LogP contribution in [0.3, 0.4) is 0 Å². The Labute approximate surface area is 220 Å². The van der Waals surface area contributed by atoms with E-state index < -0.39 is 0 Å². The number of fused-ring (bicyclic) bond motifs is 3. The van der Waals surface area contributed by atoms with Crippen LogP contribution in [0.5, 0.6) is 0 Å². The van der Waals surface area contributed by atoms with Crippen molar-refractivity contribution in [1.82, 2.24) is 0 Å². The quantitative estimate of drug-likeness (QED) is 0.243. The number of para-hydroxylation sites is 1. The smallest absolute Gasteiger partial charge is 0.0499 e. The number of halogens is 1. The minimum atomic E-state index is -0.0599. The van der Waals surface area contributed by atoms with Crippen LogP contribution in [0.2, 0.25) is 5.02 Å². The van der Waals surface area contributed by atoms with Gasteiger partial charge in [0.15, 0.2) is 0 Å². The van der Waals surface area contributed by atoms with Crippen LogP contribution in [-0.4, -0.2) is 0 Å². The van der Waals surface area contributed by atoms with Gasteiger partial charge >= 0.3 is 0 Å². The van der Waals surface area contributed by atoms with E-state index in [4.69, 9.17) is 11.6 Å². The molecule has 0 fully saturated rings. The maximum atomic E-state index is 6.29. The Morgan fingerprint density at radius 1 is 0.750 bits per heavy atom. The van der Waals surface area contributed by atoms with Crippen LogP contribution in [0, 0.1) is 0 Å². The predicted octanol–water partition coefficient (Wildman–Crippen LogP) is 10.4. The van der Waals surface area contributed by atoms with Crippen LogP contribution in [0.15, 0.2) is 115 Å². The Morgan fingerprint density at radius 3 is 2.19 bits per heavy atom. The second kappa shape index (κ2) is 9.84. The third-order valence-corrected chi connectivity index (χ3v) is 7.53. The summed E-state index contributed by atoms with van der Waals surface area (Å²) in [6, 6.07) is 32.6. The zero-order valence-electron chi connectivity index (χ0n) is 21.4. The fourth-order valence-electron chi connectivity index (χ4n) is 5.37. The Balaban J connectivity index is 1.69. The lowest BCUT2D eigenvalue weighted by Gasteiger charge is -2.30. The third-order valence-electron chi connectivity index (χ3n) is 7.28. The molecule has 0 amide bonds. The fraction of sp³-hybridized carbons (Fsp3) is 0.176. The number of benzene rings is 4. The zero-order chi connectivity index (χ0) is 25.3. The Morgan fingerprint density at radius 2 is 1.42 bits per heavy atom. The van der Waals surface area contributed by atoms with Gasteiger partial charge < -0.3 is 4.90 Å². The van der Waals surface area contributed by atoms with Gasteiger partial charge in [0, 0.05) is 33.4 Å². The molecule has 0 heterocycles.